The van der Waals surface area contributed by atoms with Crippen LogP contribution in [0.3, 0.4) is 0 Å². The van der Waals surface area contributed by atoms with Gasteiger partial charge in [-0.15, -0.1) is 0 Å². The van der Waals surface area contributed by atoms with E-state index in [4.69, 9.17) is 0 Å². The molecule has 0 radical (unpaired) electrons. The van der Waals surface area contributed by atoms with Crippen molar-refractivity contribution in [2.45, 2.75) is 25.8 Å². The summed E-state index contributed by atoms with van der Waals surface area (Å²) in [5.41, 5.74) is 0.715. The van der Waals surface area contributed by atoms with Crippen molar-refractivity contribution >= 4 is 29.4 Å². The first-order valence-corrected chi connectivity index (χ1v) is 7.20. The maximum atomic E-state index is 12.3. The third-order valence-corrected chi connectivity index (χ3v) is 3.10. The lowest BCUT2D eigenvalue weighted by atomic mass is 10.1. The molecule has 0 aliphatic rings. The van der Waals surface area contributed by atoms with Crippen molar-refractivity contribution in [2.75, 3.05) is 19.5 Å². The highest BCUT2D eigenvalue weighted by atomic mass is 16.5. The number of hydrogen-bond acceptors (Lipinski definition) is 6. The van der Waals surface area contributed by atoms with Crippen molar-refractivity contribution in [3.63, 3.8) is 0 Å². The maximum Gasteiger partial charge on any atom is 0.328 e. The number of hydrogen-bond donors (Lipinski definition) is 2. The van der Waals surface area contributed by atoms with Crippen molar-refractivity contribution < 1.29 is 28.7 Å². The van der Waals surface area contributed by atoms with E-state index in [1.54, 1.807) is 12.1 Å². The SMILES string of the molecule is COC(=O)CC[C@@H](NC(=O)c1cccc(NC(C)=O)c1)C(=O)OC. The average molecular weight is 336 g/mol. The van der Waals surface area contributed by atoms with Crippen molar-refractivity contribution in [1.29, 1.82) is 0 Å². The molecule has 24 heavy (non-hydrogen) atoms. The fraction of sp³-hybridized carbons (Fsp3) is 0.375. The molecule has 0 aliphatic heterocycles. The lowest BCUT2D eigenvalue weighted by molar-refractivity contribution is -0.144. The molecule has 1 rings (SSSR count). The number of carbonyl (C=O) groups is 4. The van der Waals surface area contributed by atoms with E-state index in [1.807, 2.05) is 0 Å². The quantitative estimate of drug-likeness (QED) is 0.715. The Hall–Kier alpha value is -2.90. The number of nitrogens with one attached hydrogen (secondary N) is 2. The lowest BCUT2D eigenvalue weighted by Gasteiger charge is -2.16. The number of carbonyl (C=O) groups excluding carboxylic acids is 4. The van der Waals surface area contributed by atoms with Gasteiger partial charge in [0.2, 0.25) is 5.91 Å². The van der Waals surface area contributed by atoms with Gasteiger partial charge in [0.15, 0.2) is 0 Å². The Balaban J connectivity index is 2.81. The molecule has 1 aromatic carbocycles. The highest BCUT2D eigenvalue weighted by molar-refractivity contribution is 5.98. The molecular weight excluding hydrogens is 316 g/mol. The normalized spacial score (nSPS) is 11.1. The summed E-state index contributed by atoms with van der Waals surface area (Å²) < 4.78 is 9.14. The molecule has 8 heteroatoms. The predicted molar refractivity (Wildman–Crippen MR) is 85.3 cm³/mol. The van der Waals surface area contributed by atoms with Crippen LogP contribution in [0.4, 0.5) is 5.69 Å². The van der Waals surface area contributed by atoms with Gasteiger partial charge in [0, 0.05) is 24.6 Å². The van der Waals surface area contributed by atoms with E-state index in [0.29, 0.717) is 5.69 Å². The summed E-state index contributed by atoms with van der Waals surface area (Å²) in [6.45, 7) is 1.35. The number of rotatable bonds is 7. The van der Waals surface area contributed by atoms with E-state index in [1.165, 1.54) is 33.3 Å². The molecule has 0 aromatic heterocycles. The Kier molecular flexibility index (Phi) is 7.41. The minimum Gasteiger partial charge on any atom is -0.469 e. The summed E-state index contributed by atoms with van der Waals surface area (Å²) in [4.78, 5) is 46.3. The van der Waals surface area contributed by atoms with Gasteiger partial charge < -0.3 is 20.1 Å². The number of amides is 2. The highest BCUT2D eigenvalue weighted by Crippen LogP contribution is 2.11. The van der Waals surface area contributed by atoms with Crippen LogP contribution < -0.4 is 10.6 Å². The van der Waals surface area contributed by atoms with Crippen LogP contribution in [0.1, 0.15) is 30.1 Å². The van der Waals surface area contributed by atoms with E-state index < -0.39 is 23.9 Å². The lowest BCUT2D eigenvalue weighted by Crippen LogP contribution is -2.41. The molecule has 0 saturated heterocycles. The number of methoxy groups -OCH3 is 2. The summed E-state index contributed by atoms with van der Waals surface area (Å²) in [6.07, 6.45) is 0.0128. The minimum atomic E-state index is -0.981. The molecule has 0 fully saturated rings. The molecule has 0 heterocycles. The number of anilines is 1. The van der Waals surface area contributed by atoms with Gasteiger partial charge >= 0.3 is 11.9 Å². The first-order chi connectivity index (χ1) is 11.4. The van der Waals surface area contributed by atoms with Crippen LogP contribution in [0.25, 0.3) is 0 Å². The molecule has 0 unspecified atom stereocenters. The molecule has 8 nitrogen and oxygen atoms in total. The molecule has 2 amide bonds. The Labute approximate surface area is 139 Å². The number of esters is 2. The number of ether oxygens (including phenoxy) is 2. The van der Waals surface area contributed by atoms with Gasteiger partial charge in [-0.25, -0.2) is 4.79 Å². The van der Waals surface area contributed by atoms with Gasteiger partial charge in [-0.05, 0) is 24.6 Å². The molecule has 0 aliphatic carbocycles. The molecule has 0 bridgehead atoms. The van der Waals surface area contributed by atoms with E-state index >= 15 is 0 Å². The third kappa shape index (κ3) is 6.07. The van der Waals surface area contributed by atoms with Crippen LogP contribution in [-0.2, 0) is 23.9 Å². The Bertz CT molecular complexity index is 629. The number of benzene rings is 1. The molecule has 0 saturated carbocycles. The zero-order valence-electron chi connectivity index (χ0n) is 13.8. The zero-order chi connectivity index (χ0) is 18.1. The second-order valence-corrected chi connectivity index (χ2v) is 4.93. The third-order valence-electron chi connectivity index (χ3n) is 3.10. The molecule has 2 N–H and O–H groups in total. The second-order valence-electron chi connectivity index (χ2n) is 4.93. The molecular formula is C16H20N2O6. The zero-order valence-corrected chi connectivity index (χ0v) is 13.8. The van der Waals surface area contributed by atoms with E-state index in [0.717, 1.165) is 0 Å². The van der Waals surface area contributed by atoms with Crippen molar-refractivity contribution in [3.05, 3.63) is 29.8 Å². The molecule has 1 atom stereocenters. The van der Waals surface area contributed by atoms with Gasteiger partial charge in [0.25, 0.3) is 5.91 Å². The Morgan fingerprint density at radius 1 is 1.12 bits per heavy atom. The fourth-order valence-corrected chi connectivity index (χ4v) is 1.94. The Morgan fingerprint density at radius 2 is 1.83 bits per heavy atom. The van der Waals surface area contributed by atoms with Crippen LogP contribution >= 0.6 is 0 Å². The van der Waals surface area contributed by atoms with Gasteiger partial charge in [0.1, 0.15) is 6.04 Å². The average Bonchev–Trinajstić information content (AvgIpc) is 2.56. The van der Waals surface area contributed by atoms with Crippen LogP contribution in [0, 0.1) is 0 Å². The molecule has 0 spiro atoms. The van der Waals surface area contributed by atoms with Crippen LogP contribution in [0.5, 0.6) is 0 Å². The first kappa shape index (κ1) is 19.1. The van der Waals surface area contributed by atoms with Crippen LogP contribution in [-0.4, -0.2) is 44.0 Å². The minimum absolute atomic E-state index is 0.0392. The molecule has 130 valence electrons. The standard InChI is InChI=1S/C16H20N2O6/c1-10(19)17-12-6-4-5-11(9-12)15(21)18-13(16(22)24-3)7-8-14(20)23-2/h4-6,9,13H,7-8H2,1-3H3,(H,17,19)(H,18,21)/t13-/m1/s1. The van der Waals surface area contributed by atoms with Crippen molar-refractivity contribution in [1.82, 2.24) is 5.32 Å². The van der Waals surface area contributed by atoms with Crippen molar-refractivity contribution in [3.8, 4) is 0 Å². The smallest absolute Gasteiger partial charge is 0.328 e. The Morgan fingerprint density at radius 3 is 2.42 bits per heavy atom. The fourth-order valence-electron chi connectivity index (χ4n) is 1.94. The summed E-state index contributed by atoms with van der Waals surface area (Å²) in [5, 5.41) is 5.07. The van der Waals surface area contributed by atoms with Crippen molar-refractivity contribution in [2.24, 2.45) is 0 Å². The van der Waals surface area contributed by atoms with Crippen LogP contribution in [0.2, 0.25) is 0 Å². The van der Waals surface area contributed by atoms with E-state index in [2.05, 4.69) is 20.1 Å². The molecule has 1 aromatic rings. The van der Waals surface area contributed by atoms with Gasteiger partial charge in [-0.1, -0.05) is 6.07 Å². The van der Waals surface area contributed by atoms with Gasteiger partial charge in [-0.2, -0.15) is 0 Å². The topological polar surface area (TPSA) is 111 Å². The predicted octanol–water partition coefficient (Wildman–Crippen LogP) is 0.870. The largest absolute Gasteiger partial charge is 0.469 e. The maximum absolute atomic E-state index is 12.3. The second kappa shape index (κ2) is 9.29. The van der Waals surface area contributed by atoms with E-state index in [-0.39, 0.29) is 24.3 Å². The first-order valence-electron chi connectivity index (χ1n) is 7.20. The summed E-state index contributed by atoms with van der Waals surface area (Å²) in [5.74, 6) is -1.95. The monoisotopic (exact) mass is 336 g/mol. The summed E-state index contributed by atoms with van der Waals surface area (Å²) in [6, 6.07) is 5.27. The highest BCUT2D eigenvalue weighted by Gasteiger charge is 2.23. The summed E-state index contributed by atoms with van der Waals surface area (Å²) >= 11 is 0. The summed E-state index contributed by atoms with van der Waals surface area (Å²) in [7, 11) is 2.43. The van der Waals surface area contributed by atoms with Crippen LogP contribution in [0.15, 0.2) is 24.3 Å². The van der Waals surface area contributed by atoms with Gasteiger partial charge in [-0.3, -0.25) is 14.4 Å². The van der Waals surface area contributed by atoms with E-state index in [9.17, 15) is 19.2 Å². The van der Waals surface area contributed by atoms with Gasteiger partial charge in [0.05, 0.1) is 14.2 Å².